The monoisotopic (exact) mass is 234 g/mol. The van der Waals surface area contributed by atoms with E-state index >= 15 is 0 Å². The summed E-state index contributed by atoms with van der Waals surface area (Å²) in [5.41, 5.74) is -0.0611. The quantitative estimate of drug-likeness (QED) is 0.774. The minimum atomic E-state index is -0.0611. The lowest BCUT2D eigenvalue weighted by Gasteiger charge is -2.00. The van der Waals surface area contributed by atoms with Gasteiger partial charge in [-0.1, -0.05) is 0 Å². The molecule has 0 N–H and O–H groups in total. The Morgan fingerprint density at radius 2 is 2.45 bits per heavy atom. The smallest absolute Gasteiger partial charge is 0.267 e. The number of hydrogen-bond acceptors (Lipinski definition) is 3. The summed E-state index contributed by atoms with van der Waals surface area (Å²) in [5, 5.41) is 0. The van der Waals surface area contributed by atoms with Crippen molar-refractivity contribution in [1.82, 2.24) is 9.55 Å². The summed E-state index contributed by atoms with van der Waals surface area (Å²) in [6.45, 7) is 0.592. The standard InChI is InChI=1S/C6H7BrN2OS/c7-5-3-8-4-9(1-2-11)6(5)10/h3-4,11H,1-2H2. The van der Waals surface area contributed by atoms with Crippen LogP contribution in [-0.2, 0) is 6.54 Å². The molecule has 0 radical (unpaired) electrons. The highest BCUT2D eigenvalue weighted by Gasteiger charge is 1.97. The topological polar surface area (TPSA) is 34.9 Å². The summed E-state index contributed by atoms with van der Waals surface area (Å²) in [4.78, 5) is 15.0. The van der Waals surface area contributed by atoms with E-state index in [9.17, 15) is 4.79 Å². The SMILES string of the molecule is O=c1c(Br)cncn1CCS. The van der Waals surface area contributed by atoms with Gasteiger partial charge in [-0.05, 0) is 15.9 Å². The van der Waals surface area contributed by atoms with Gasteiger partial charge in [0.05, 0.1) is 6.33 Å². The molecule has 3 nitrogen and oxygen atoms in total. The van der Waals surface area contributed by atoms with Gasteiger partial charge in [0.1, 0.15) is 4.47 Å². The van der Waals surface area contributed by atoms with Crippen LogP contribution in [0.3, 0.4) is 0 Å². The molecule has 1 aromatic rings. The summed E-state index contributed by atoms with van der Waals surface area (Å²) in [5.74, 6) is 0.637. The Balaban J connectivity index is 3.07. The van der Waals surface area contributed by atoms with Crippen LogP contribution >= 0.6 is 28.6 Å². The van der Waals surface area contributed by atoms with Crippen molar-refractivity contribution in [2.45, 2.75) is 6.54 Å². The van der Waals surface area contributed by atoms with Crippen molar-refractivity contribution >= 4 is 28.6 Å². The molecule has 1 heterocycles. The molecule has 0 fully saturated rings. The molecule has 0 spiro atoms. The van der Waals surface area contributed by atoms with Gasteiger partial charge in [0.25, 0.3) is 5.56 Å². The van der Waals surface area contributed by atoms with Gasteiger partial charge in [0.15, 0.2) is 0 Å². The highest BCUT2D eigenvalue weighted by molar-refractivity contribution is 9.10. The molecule has 0 bridgehead atoms. The number of aryl methyl sites for hydroxylation is 1. The average Bonchev–Trinajstić information content (AvgIpc) is 1.99. The molecular weight excluding hydrogens is 228 g/mol. The van der Waals surface area contributed by atoms with E-state index in [1.54, 1.807) is 0 Å². The molecule has 0 aliphatic rings. The molecular formula is C6H7BrN2OS. The first kappa shape index (κ1) is 8.80. The third-order valence-corrected chi connectivity index (χ3v) is 1.94. The normalized spacial score (nSPS) is 10.0. The van der Waals surface area contributed by atoms with E-state index in [4.69, 9.17) is 0 Å². The van der Waals surface area contributed by atoms with Crippen LogP contribution in [0.5, 0.6) is 0 Å². The molecule has 11 heavy (non-hydrogen) atoms. The summed E-state index contributed by atoms with van der Waals surface area (Å²) in [6.07, 6.45) is 2.99. The van der Waals surface area contributed by atoms with E-state index < -0.39 is 0 Å². The maximum atomic E-state index is 11.2. The van der Waals surface area contributed by atoms with Crippen LogP contribution in [0.15, 0.2) is 21.8 Å². The summed E-state index contributed by atoms with van der Waals surface area (Å²) >= 11 is 7.11. The van der Waals surface area contributed by atoms with Crippen LogP contribution in [0, 0.1) is 0 Å². The van der Waals surface area contributed by atoms with Crippen molar-refractivity contribution in [3.8, 4) is 0 Å². The second-order valence-corrected chi connectivity index (χ2v) is 3.27. The predicted octanol–water partition coefficient (Wildman–Crippen LogP) is 0.936. The van der Waals surface area contributed by atoms with E-state index in [1.165, 1.54) is 17.1 Å². The zero-order valence-electron chi connectivity index (χ0n) is 5.70. The second kappa shape index (κ2) is 3.92. The fourth-order valence-electron chi connectivity index (χ4n) is 0.691. The largest absolute Gasteiger partial charge is 0.297 e. The molecule has 1 rings (SSSR count). The first-order chi connectivity index (χ1) is 5.25. The molecule has 0 unspecified atom stereocenters. The van der Waals surface area contributed by atoms with Gasteiger partial charge in [-0.3, -0.25) is 9.36 Å². The van der Waals surface area contributed by atoms with Gasteiger partial charge in [0.2, 0.25) is 0 Å². The number of halogens is 1. The number of thiol groups is 1. The van der Waals surface area contributed by atoms with Gasteiger partial charge in [0, 0.05) is 18.5 Å². The second-order valence-electron chi connectivity index (χ2n) is 1.96. The van der Waals surface area contributed by atoms with E-state index in [-0.39, 0.29) is 5.56 Å². The summed E-state index contributed by atoms with van der Waals surface area (Å²) < 4.78 is 2.00. The van der Waals surface area contributed by atoms with Crippen molar-refractivity contribution in [2.24, 2.45) is 0 Å². The zero-order valence-corrected chi connectivity index (χ0v) is 8.18. The Morgan fingerprint density at radius 3 is 3.09 bits per heavy atom. The van der Waals surface area contributed by atoms with E-state index in [1.807, 2.05) is 0 Å². The van der Waals surface area contributed by atoms with E-state index in [2.05, 4.69) is 33.5 Å². The number of aromatic nitrogens is 2. The third-order valence-electron chi connectivity index (χ3n) is 1.20. The van der Waals surface area contributed by atoms with Gasteiger partial charge in [-0.15, -0.1) is 0 Å². The molecule has 0 saturated heterocycles. The number of hydrogen-bond donors (Lipinski definition) is 1. The lowest BCUT2D eigenvalue weighted by Crippen LogP contribution is -2.21. The molecule has 0 atom stereocenters. The van der Waals surface area contributed by atoms with Gasteiger partial charge in [-0.2, -0.15) is 12.6 Å². The molecule has 0 amide bonds. The maximum absolute atomic E-state index is 11.2. The Hall–Kier alpha value is -0.290. The van der Waals surface area contributed by atoms with Crippen molar-refractivity contribution in [1.29, 1.82) is 0 Å². The third kappa shape index (κ3) is 2.07. The predicted molar refractivity (Wildman–Crippen MR) is 50.1 cm³/mol. The zero-order chi connectivity index (χ0) is 8.27. The van der Waals surface area contributed by atoms with Crippen LogP contribution in [0.4, 0.5) is 0 Å². The van der Waals surface area contributed by atoms with Gasteiger partial charge >= 0.3 is 0 Å². The van der Waals surface area contributed by atoms with E-state index in [0.29, 0.717) is 16.8 Å². The molecule has 0 aliphatic carbocycles. The van der Waals surface area contributed by atoms with Crippen LogP contribution in [0.1, 0.15) is 0 Å². The number of nitrogens with zero attached hydrogens (tertiary/aromatic N) is 2. The molecule has 1 aromatic heterocycles. The fraction of sp³-hybridized carbons (Fsp3) is 0.333. The minimum absolute atomic E-state index is 0.0611. The van der Waals surface area contributed by atoms with Crippen molar-refractivity contribution in [2.75, 3.05) is 5.75 Å². The fourth-order valence-corrected chi connectivity index (χ4v) is 1.25. The highest BCUT2D eigenvalue weighted by atomic mass is 79.9. The highest BCUT2D eigenvalue weighted by Crippen LogP contribution is 1.97. The van der Waals surface area contributed by atoms with Gasteiger partial charge < -0.3 is 0 Å². The minimum Gasteiger partial charge on any atom is -0.297 e. The van der Waals surface area contributed by atoms with Gasteiger partial charge in [-0.25, -0.2) is 4.98 Å². The van der Waals surface area contributed by atoms with Crippen molar-refractivity contribution in [3.63, 3.8) is 0 Å². The lowest BCUT2D eigenvalue weighted by atomic mass is 10.6. The molecule has 0 aromatic carbocycles. The Bertz CT molecular complexity index is 299. The van der Waals surface area contributed by atoms with Crippen LogP contribution in [0.25, 0.3) is 0 Å². The maximum Gasteiger partial charge on any atom is 0.267 e. The Labute approximate surface area is 78.0 Å². The molecule has 5 heteroatoms. The summed E-state index contributed by atoms with van der Waals surface area (Å²) in [6, 6.07) is 0. The van der Waals surface area contributed by atoms with Crippen LogP contribution in [-0.4, -0.2) is 15.3 Å². The molecule has 0 aliphatic heterocycles. The van der Waals surface area contributed by atoms with Crippen LogP contribution in [0.2, 0.25) is 0 Å². The Morgan fingerprint density at radius 1 is 1.73 bits per heavy atom. The first-order valence-electron chi connectivity index (χ1n) is 3.06. The first-order valence-corrected chi connectivity index (χ1v) is 4.49. The van der Waals surface area contributed by atoms with Crippen molar-refractivity contribution < 1.29 is 0 Å². The average molecular weight is 235 g/mol. The van der Waals surface area contributed by atoms with E-state index in [0.717, 1.165) is 0 Å². The number of rotatable bonds is 2. The summed E-state index contributed by atoms with van der Waals surface area (Å²) in [7, 11) is 0. The van der Waals surface area contributed by atoms with Crippen molar-refractivity contribution in [3.05, 3.63) is 27.4 Å². The molecule has 60 valence electrons. The Kier molecular flexibility index (Phi) is 3.14. The lowest BCUT2D eigenvalue weighted by molar-refractivity contribution is 0.710. The molecule has 0 saturated carbocycles. The van der Waals surface area contributed by atoms with Crippen LogP contribution < -0.4 is 5.56 Å².